The fourth-order valence-electron chi connectivity index (χ4n) is 4.78. The topological polar surface area (TPSA) is 123 Å². The maximum Gasteiger partial charge on any atom is 0.273 e. The molecule has 204 valence electrons. The number of amides is 1. The average Bonchev–Trinajstić information content (AvgIpc) is 3.56. The molecule has 1 aliphatic heterocycles. The number of benzene rings is 2. The highest BCUT2D eigenvalue weighted by Gasteiger charge is 2.41. The summed E-state index contributed by atoms with van der Waals surface area (Å²) in [6, 6.07) is 20.5. The Morgan fingerprint density at radius 3 is 2.75 bits per heavy atom. The first-order valence-electron chi connectivity index (χ1n) is 12.6. The van der Waals surface area contributed by atoms with Crippen molar-refractivity contribution in [3.8, 4) is 17.1 Å². The minimum absolute atomic E-state index is 0.0805. The number of nitrogens with one attached hydrogen (secondary N) is 2. The summed E-state index contributed by atoms with van der Waals surface area (Å²) in [6.45, 7) is 2.31. The molecule has 2 atom stereocenters. The Kier molecular flexibility index (Phi) is 7.74. The largest absolute Gasteiger partial charge is 0.496 e. The molecule has 0 spiro atoms. The summed E-state index contributed by atoms with van der Waals surface area (Å²) in [4.78, 5) is 30.0. The van der Waals surface area contributed by atoms with E-state index in [0.29, 0.717) is 34.5 Å². The summed E-state index contributed by atoms with van der Waals surface area (Å²) in [5.41, 5.74) is 3.06. The molecule has 1 saturated heterocycles. The van der Waals surface area contributed by atoms with Gasteiger partial charge in [0.15, 0.2) is 5.11 Å². The molecule has 1 amide bonds. The molecule has 2 aromatic heterocycles. The summed E-state index contributed by atoms with van der Waals surface area (Å²) in [5, 5.41) is 18.0. The number of thiocarbonyl (C=S) groups is 1. The molecule has 10 nitrogen and oxygen atoms in total. The molecule has 0 bridgehead atoms. The van der Waals surface area contributed by atoms with Crippen LogP contribution in [0.15, 0.2) is 83.4 Å². The molecule has 0 radical (unpaired) electrons. The monoisotopic (exact) mass is 557 g/mol. The van der Waals surface area contributed by atoms with E-state index >= 15 is 0 Å². The average molecular weight is 558 g/mol. The van der Waals surface area contributed by atoms with E-state index in [0.717, 1.165) is 16.9 Å². The molecule has 0 aliphatic carbocycles. The molecule has 0 saturated carbocycles. The zero-order valence-electron chi connectivity index (χ0n) is 21.9. The van der Waals surface area contributed by atoms with Gasteiger partial charge < -0.3 is 24.7 Å². The van der Waals surface area contributed by atoms with Crippen LogP contribution < -0.4 is 15.4 Å². The number of hydrogen-bond donors (Lipinski definition) is 2. The van der Waals surface area contributed by atoms with Gasteiger partial charge in [-0.05, 0) is 67.2 Å². The van der Waals surface area contributed by atoms with Crippen LogP contribution in [0.1, 0.15) is 35.5 Å². The Balaban J connectivity index is 1.43. The fraction of sp³-hybridized carbons (Fsp3) is 0.207. The van der Waals surface area contributed by atoms with Crippen molar-refractivity contribution in [2.75, 3.05) is 19.0 Å². The minimum atomic E-state index is -0.477. The van der Waals surface area contributed by atoms with E-state index in [1.54, 1.807) is 18.3 Å². The maximum atomic E-state index is 12.8. The standard InChI is InChI=1S/C29H27N5O5S/c1-18-6-5-7-19(16-18)31-26(35)13-15-33-28(27(32-29(33)40)22-8-3-4-14-30-22)24-12-11-23(39-24)21-10-9-20(34(36)37)17-25(21)38-2/h3-12,14,16-17,27-28H,13,15H2,1-2H3,(H,31,35)(H,32,40)/t27-,28-/m1/s1. The third kappa shape index (κ3) is 5.64. The lowest BCUT2D eigenvalue weighted by Gasteiger charge is -2.25. The number of methoxy groups -OCH3 is 1. The van der Waals surface area contributed by atoms with Gasteiger partial charge in [0.2, 0.25) is 5.91 Å². The Morgan fingerprint density at radius 1 is 1.18 bits per heavy atom. The van der Waals surface area contributed by atoms with Gasteiger partial charge >= 0.3 is 0 Å². The number of anilines is 1. The number of ether oxygens (including phenoxy) is 1. The lowest BCUT2D eigenvalue weighted by Crippen LogP contribution is -2.32. The number of non-ortho nitro benzene ring substituents is 1. The van der Waals surface area contributed by atoms with Crippen molar-refractivity contribution in [1.29, 1.82) is 0 Å². The van der Waals surface area contributed by atoms with Crippen molar-refractivity contribution >= 4 is 34.6 Å². The number of nitrogens with zero attached hydrogens (tertiary/aromatic N) is 3. The third-order valence-corrected chi connectivity index (χ3v) is 7.01. The van der Waals surface area contributed by atoms with Crippen LogP contribution in [0, 0.1) is 17.0 Å². The number of rotatable bonds is 9. The molecule has 11 heteroatoms. The van der Waals surface area contributed by atoms with Gasteiger partial charge in [0.1, 0.15) is 23.3 Å². The summed E-state index contributed by atoms with van der Waals surface area (Å²) in [7, 11) is 1.45. The van der Waals surface area contributed by atoms with Gasteiger partial charge in [0, 0.05) is 30.9 Å². The van der Waals surface area contributed by atoms with Crippen molar-refractivity contribution in [3.63, 3.8) is 0 Å². The Labute approximate surface area is 236 Å². The van der Waals surface area contributed by atoms with E-state index in [9.17, 15) is 14.9 Å². The smallest absolute Gasteiger partial charge is 0.273 e. The number of carbonyl (C=O) groups is 1. The summed E-state index contributed by atoms with van der Waals surface area (Å²) in [6.07, 6.45) is 1.91. The van der Waals surface area contributed by atoms with Crippen molar-refractivity contribution in [2.45, 2.75) is 25.4 Å². The van der Waals surface area contributed by atoms with Crippen LogP contribution in [-0.2, 0) is 4.79 Å². The maximum absolute atomic E-state index is 12.8. The molecular weight excluding hydrogens is 530 g/mol. The SMILES string of the molecule is COc1cc([N+](=O)[O-])ccc1-c1ccc([C@@H]2[C@@H](c3ccccn3)NC(=S)N2CCC(=O)Nc2cccc(C)c2)o1. The highest BCUT2D eigenvalue weighted by atomic mass is 32.1. The Hall–Kier alpha value is -4.77. The number of aryl methyl sites for hydroxylation is 1. The highest BCUT2D eigenvalue weighted by Crippen LogP contribution is 2.42. The second-order valence-corrected chi connectivity index (χ2v) is 9.72. The number of carbonyl (C=O) groups excluding carboxylic acids is 1. The first-order chi connectivity index (χ1) is 19.3. The normalized spacial score (nSPS) is 16.4. The van der Waals surface area contributed by atoms with E-state index in [4.69, 9.17) is 21.4 Å². The molecule has 1 fully saturated rings. The summed E-state index contributed by atoms with van der Waals surface area (Å²) < 4.78 is 11.7. The number of nitro benzene ring substituents is 1. The zero-order valence-corrected chi connectivity index (χ0v) is 22.7. The van der Waals surface area contributed by atoms with Crippen molar-refractivity contribution in [3.05, 3.63) is 106 Å². The van der Waals surface area contributed by atoms with Crippen LogP contribution in [0.2, 0.25) is 0 Å². The molecule has 1 aliphatic rings. The van der Waals surface area contributed by atoms with E-state index in [-0.39, 0.29) is 24.1 Å². The van der Waals surface area contributed by atoms with Crippen LogP contribution >= 0.6 is 12.2 Å². The van der Waals surface area contributed by atoms with Crippen LogP contribution in [-0.4, -0.2) is 39.5 Å². The van der Waals surface area contributed by atoms with Gasteiger partial charge in [-0.3, -0.25) is 19.9 Å². The molecule has 5 rings (SSSR count). The predicted octanol–water partition coefficient (Wildman–Crippen LogP) is 5.57. The number of pyridine rings is 1. The minimum Gasteiger partial charge on any atom is -0.496 e. The quantitative estimate of drug-likeness (QED) is 0.154. The van der Waals surface area contributed by atoms with Crippen molar-refractivity contribution in [1.82, 2.24) is 15.2 Å². The Morgan fingerprint density at radius 2 is 2.02 bits per heavy atom. The molecule has 40 heavy (non-hydrogen) atoms. The lowest BCUT2D eigenvalue weighted by molar-refractivity contribution is -0.384. The Bertz CT molecular complexity index is 1560. The van der Waals surface area contributed by atoms with Gasteiger partial charge in [-0.1, -0.05) is 18.2 Å². The van der Waals surface area contributed by atoms with Crippen molar-refractivity contribution in [2.24, 2.45) is 0 Å². The molecule has 2 aromatic carbocycles. The zero-order chi connectivity index (χ0) is 28.2. The van der Waals surface area contributed by atoms with E-state index in [1.165, 1.54) is 19.2 Å². The fourth-order valence-corrected chi connectivity index (χ4v) is 5.11. The molecule has 0 unspecified atom stereocenters. The second kappa shape index (κ2) is 11.5. The predicted molar refractivity (Wildman–Crippen MR) is 154 cm³/mol. The number of aromatic nitrogens is 1. The summed E-state index contributed by atoms with van der Waals surface area (Å²) >= 11 is 5.70. The van der Waals surface area contributed by atoms with E-state index in [2.05, 4.69) is 15.6 Å². The van der Waals surface area contributed by atoms with Crippen molar-refractivity contribution < 1.29 is 18.9 Å². The number of hydrogen-bond acceptors (Lipinski definition) is 7. The first-order valence-corrected chi connectivity index (χ1v) is 13.0. The van der Waals surface area contributed by atoms with Crippen LogP contribution in [0.25, 0.3) is 11.3 Å². The molecule has 3 heterocycles. The number of furan rings is 1. The molecule has 2 N–H and O–H groups in total. The van der Waals surface area contributed by atoms with Crippen LogP contribution in [0.3, 0.4) is 0 Å². The van der Waals surface area contributed by atoms with Gasteiger partial charge in [-0.15, -0.1) is 0 Å². The van der Waals surface area contributed by atoms with Gasteiger partial charge in [0.05, 0.1) is 35.4 Å². The van der Waals surface area contributed by atoms with Gasteiger partial charge in [0.25, 0.3) is 5.69 Å². The van der Waals surface area contributed by atoms with E-state index in [1.807, 2.05) is 60.4 Å². The molecule has 4 aromatic rings. The second-order valence-electron chi connectivity index (χ2n) is 9.33. The van der Waals surface area contributed by atoms with Gasteiger partial charge in [-0.2, -0.15) is 0 Å². The van der Waals surface area contributed by atoms with Crippen LogP contribution in [0.4, 0.5) is 11.4 Å². The number of nitro groups is 1. The van der Waals surface area contributed by atoms with E-state index < -0.39 is 11.0 Å². The summed E-state index contributed by atoms with van der Waals surface area (Å²) in [5.74, 6) is 1.26. The third-order valence-electron chi connectivity index (χ3n) is 6.66. The first kappa shape index (κ1) is 26.8. The van der Waals surface area contributed by atoms with Gasteiger partial charge in [-0.25, -0.2) is 0 Å². The molecular formula is C29H27N5O5S. The van der Waals surface area contributed by atoms with Crippen LogP contribution in [0.5, 0.6) is 5.75 Å². The highest BCUT2D eigenvalue weighted by molar-refractivity contribution is 7.80. The lowest BCUT2D eigenvalue weighted by atomic mass is 10.0.